The standard InChI is InChI=1S/C18H20N2O5/c1-11-8-20(9-12(2)25-11)17(22)10-24-18(23)14-7-16(21)19-15-6-4-3-5-13(14)15/h3-7,11-12H,8-10H2,1-2H3,(H,19,21)/t11-,12-/m0/s1. The van der Waals surface area contributed by atoms with Crippen molar-refractivity contribution in [1.82, 2.24) is 9.88 Å². The van der Waals surface area contributed by atoms with Gasteiger partial charge in [0.25, 0.3) is 5.91 Å². The van der Waals surface area contributed by atoms with E-state index in [1.54, 1.807) is 29.2 Å². The molecule has 0 aliphatic carbocycles. The Balaban J connectivity index is 1.71. The van der Waals surface area contributed by atoms with Crippen molar-refractivity contribution in [1.29, 1.82) is 0 Å². The second-order valence-electron chi connectivity index (χ2n) is 6.23. The molecule has 1 N–H and O–H groups in total. The molecule has 7 nitrogen and oxygen atoms in total. The van der Waals surface area contributed by atoms with E-state index in [1.165, 1.54) is 6.07 Å². The van der Waals surface area contributed by atoms with Crippen LogP contribution in [0.25, 0.3) is 10.9 Å². The Hall–Kier alpha value is -2.67. The summed E-state index contributed by atoms with van der Waals surface area (Å²) in [5.74, 6) is -0.963. The fourth-order valence-corrected chi connectivity index (χ4v) is 3.05. The highest BCUT2D eigenvalue weighted by atomic mass is 16.5. The number of hydrogen-bond donors (Lipinski definition) is 1. The van der Waals surface area contributed by atoms with Gasteiger partial charge in [0.2, 0.25) is 5.56 Å². The third-order valence-corrected chi connectivity index (χ3v) is 4.07. The van der Waals surface area contributed by atoms with Gasteiger partial charge in [-0.2, -0.15) is 0 Å². The fourth-order valence-electron chi connectivity index (χ4n) is 3.05. The second kappa shape index (κ2) is 7.06. The number of para-hydroxylation sites is 1. The maximum absolute atomic E-state index is 12.4. The Kier molecular flexibility index (Phi) is 4.85. The molecule has 0 bridgehead atoms. The molecule has 1 fully saturated rings. The van der Waals surface area contributed by atoms with Crippen LogP contribution in [0.15, 0.2) is 35.1 Å². The van der Waals surface area contributed by atoms with Crippen LogP contribution in [0.3, 0.4) is 0 Å². The lowest BCUT2D eigenvalue weighted by Gasteiger charge is -2.35. The molecule has 1 aliphatic rings. The van der Waals surface area contributed by atoms with E-state index in [-0.39, 0.29) is 30.3 Å². The summed E-state index contributed by atoms with van der Waals surface area (Å²) in [7, 11) is 0. The highest BCUT2D eigenvalue weighted by Crippen LogP contribution is 2.16. The van der Waals surface area contributed by atoms with Crippen molar-refractivity contribution in [3.05, 3.63) is 46.2 Å². The lowest BCUT2D eigenvalue weighted by atomic mass is 10.1. The Morgan fingerprint density at radius 3 is 2.64 bits per heavy atom. The van der Waals surface area contributed by atoms with Gasteiger partial charge >= 0.3 is 5.97 Å². The van der Waals surface area contributed by atoms with Gasteiger partial charge < -0.3 is 19.4 Å². The van der Waals surface area contributed by atoms with Crippen LogP contribution in [0.5, 0.6) is 0 Å². The average molecular weight is 344 g/mol. The summed E-state index contributed by atoms with van der Waals surface area (Å²) in [5.41, 5.74) is 0.299. The summed E-state index contributed by atoms with van der Waals surface area (Å²) >= 11 is 0. The normalized spacial score (nSPS) is 20.5. The number of carbonyl (C=O) groups is 2. The maximum Gasteiger partial charge on any atom is 0.339 e. The molecule has 1 aromatic carbocycles. The van der Waals surface area contributed by atoms with Gasteiger partial charge in [0.15, 0.2) is 6.61 Å². The zero-order valence-corrected chi connectivity index (χ0v) is 14.2. The van der Waals surface area contributed by atoms with E-state index in [4.69, 9.17) is 9.47 Å². The number of esters is 1. The minimum Gasteiger partial charge on any atom is -0.452 e. The monoisotopic (exact) mass is 344 g/mol. The number of H-pyrrole nitrogens is 1. The lowest BCUT2D eigenvalue weighted by Crippen LogP contribution is -2.49. The highest BCUT2D eigenvalue weighted by molar-refractivity contribution is 6.03. The van der Waals surface area contributed by atoms with E-state index < -0.39 is 11.5 Å². The summed E-state index contributed by atoms with van der Waals surface area (Å²) in [4.78, 5) is 40.6. The Morgan fingerprint density at radius 2 is 1.92 bits per heavy atom. The number of nitrogens with one attached hydrogen (secondary N) is 1. The molecule has 0 unspecified atom stereocenters. The number of ether oxygens (including phenoxy) is 2. The average Bonchev–Trinajstić information content (AvgIpc) is 2.57. The Bertz CT molecular complexity index is 850. The van der Waals surface area contributed by atoms with Gasteiger partial charge in [-0.05, 0) is 19.9 Å². The predicted octanol–water partition coefficient (Wildman–Crippen LogP) is 1.32. The molecule has 1 saturated heterocycles. The first-order valence-electron chi connectivity index (χ1n) is 8.16. The number of pyridine rings is 1. The van der Waals surface area contributed by atoms with E-state index in [0.717, 1.165) is 0 Å². The Morgan fingerprint density at radius 1 is 1.24 bits per heavy atom. The van der Waals surface area contributed by atoms with Crippen molar-refractivity contribution in [3.8, 4) is 0 Å². The molecule has 3 rings (SSSR count). The van der Waals surface area contributed by atoms with Crippen LogP contribution in [0.2, 0.25) is 0 Å². The summed E-state index contributed by atoms with van der Waals surface area (Å²) in [6, 6.07) is 8.13. The third kappa shape index (κ3) is 3.88. The molecule has 0 saturated carbocycles. The number of hydrogen-bond acceptors (Lipinski definition) is 5. The van der Waals surface area contributed by atoms with Crippen LogP contribution in [0.1, 0.15) is 24.2 Å². The summed E-state index contributed by atoms with van der Waals surface area (Å²) in [5, 5.41) is 0.577. The Labute approximate surface area is 144 Å². The number of amides is 1. The molecule has 1 aromatic heterocycles. The van der Waals surface area contributed by atoms with Crippen molar-refractivity contribution in [2.24, 2.45) is 0 Å². The van der Waals surface area contributed by atoms with Crippen LogP contribution in [0, 0.1) is 0 Å². The molecule has 0 spiro atoms. The van der Waals surface area contributed by atoms with Crippen LogP contribution in [-0.4, -0.2) is 53.7 Å². The molecule has 2 atom stereocenters. The molecule has 2 aromatic rings. The molecular weight excluding hydrogens is 324 g/mol. The number of aromatic amines is 1. The van der Waals surface area contributed by atoms with Crippen LogP contribution in [-0.2, 0) is 14.3 Å². The number of fused-ring (bicyclic) bond motifs is 1. The van der Waals surface area contributed by atoms with Gasteiger partial charge in [0.1, 0.15) is 0 Å². The molecule has 0 radical (unpaired) electrons. The van der Waals surface area contributed by atoms with E-state index in [0.29, 0.717) is 24.0 Å². The van der Waals surface area contributed by atoms with Crippen molar-refractivity contribution < 1.29 is 19.1 Å². The van der Waals surface area contributed by atoms with Crippen LogP contribution < -0.4 is 5.56 Å². The predicted molar refractivity (Wildman–Crippen MR) is 91.4 cm³/mol. The smallest absolute Gasteiger partial charge is 0.339 e. The van der Waals surface area contributed by atoms with Crippen molar-refractivity contribution in [2.45, 2.75) is 26.1 Å². The van der Waals surface area contributed by atoms with Gasteiger partial charge in [0.05, 0.1) is 17.8 Å². The number of rotatable bonds is 3. The van der Waals surface area contributed by atoms with Crippen molar-refractivity contribution in [2.75, 3.05) is 19.7 Å². The van der Waals surface area contributed by atoms with Crippen LogP contribution >= 0.6 is 0 Å². The number of benzene rings is 1. The zero-order chi connectivity index (χ0) is 18.0. The van der Waals surface area contributed by atoms with Gasteiger partial charge in [-0.25, -0.2) is 4.79 Å². The van der Waals surface area contributed by atoms with E-state index in [9.17, 15) is 14.4 Å². The SMILES string of the molecule is C[C@H]1CN(C(=O)COC(=O)c2cc(=O)[nH]c3ccccc23)C[C@H](C)O1. The zero-order valence-electron chi connectivity index (χ0n) is 14.2. The van der Waals surface area contributed by atoms with Gasteiger partial charge in [-0.15, -0.1) is 0 Å². The number of carbonyl (C=O) groups excluding carboxylic acids is 2. The first-order valence-corrected chi connectivity index (χ1v) is 8.16. The fraction of sp³-hybridized carbons (Fsp3) is 0.389. The molecule has 1 aliphatic heterocycles. The van der Waals surface area contributed by atoms with Gasteiger partial charge in [-0.1, -0.05) is 18.2 Å². The third-order valence-electron chi connectivity index (χ3n) is 4.07. The molecule has 1 amide bonds. The summed E-state index contributed by atoms with van der Waals surface area (Å²) in [6.07, 6.45) is -0.111. The topological polar surface area (TPSA) is 88.7 Å². The number of nitrogens with zero attached hydrogens (tertiary/aromatic N) is 1. The first-order chi connectivity index (χ1) is 11.9. The van der Waals surface area contributed by atoms with E-state index in [1.807, 2.05) is 13.8 Å². The minimum absolute atomic E-state index is 0.0555. The first kappa shape index (κ1) is 17.2. The summed E-state index contributed by atoms with van der Waals surface area (Å²) < 4.78 is 10.7. The maximum atomic E-state index is 12.4. The lowest BCUT2D eigenvalue weighted by molar-refractivity contribution is -0.146. The molecular formula is C18H20N2O5. The van der Waals surface area contributed by atoms with E-state index >= 15 is 0 Å². The quantitative estimate of drug-likeness (QED) is 0.849. The van der Waals surface area contributed by atoms with Crippen molar-refractivity contribution in [3.63, 3.8) is 0 Å². The van der Waals surface area contributed by atoms with Gasteiger partial charge in [-0.3, -0.25) is 9.59 Å². The second-order valence-corrected chi connectivity index (χ2v) is 6.23. The largest absolute Gasteiger partial charge is 0.452 e. The van der Waals surface area contributed by atoms with Crippen LogP contribution in [0.4, 0.5) is 0 Å². The molecule has 132 valence electrons. The number of aromatic nitrogens is 1. The highest BCUT2D eigenvalue weighted by Gasteiger charge is 2.26. The minimum atomic E-state index is -0.690. The number of morpholine rings is 1. The summed E-state index contributed by atoms with van der Waals surface area (Å²) in [6.45, 7) is 4.36. The molecule has 2 heterocycles. The molecule has 25 heavy (non-hydrogen) atoms. The van der Waals surface area contributed by atoms with E-state index in [2.05, 4.69) is 4.98 Å². The van der Waals surface area contributed by atoms with Gasteiger partial charge in [0, 0.05) is 30.1 Å². The van der Waals surface area contributed by atoms with Crippen molar-refractivity contribution >= 4 is 22.8 Å². The molecule has 7 heteroatoms.